The summed E-state index contributed by atoms with van der Waals surface area (Å²) in [6.45, 7) is 4.98. The van der Waals surface area contributed by atoms with Gasteiger partial charge in [-0.05, 0) is 59.6 Å². The van der Waals surface area contributed by atoms with Crippen molar-refractivity contribution < 1.29 is 14.3 Å². The lowest BCUT2D eigenvalue weighted by atomic mass is 9.80. The zero-order valence-electron chi connectivity index (χ0n) is 20.9. The molecule has 1 aromatic heterocycles. The van der Waals surface area contributed by atoms with E-state index in [9.17, 15) is 19.1 Å². The number of pyridine rings is 1. The van der Waals surface area contributed by atoms with Gasteiger partial charge in [-0.1, -0.05) is 38.1 Å². The Morgan fingerprint density at radius 2 is 1.84 bits per heavy atom. The molecule has 2 aromatic carbocycles. The van der Waals surface area contributed by atoms with E-state index in [-0.39, 0.29) is 29.0 Å². The monoisotopic (exact) mass is 519 g/mol. The van der Waals surface area contributed by atoms with Gasteiger partial charge in [-0.3, -0.25) is 14.3 Å². The Hall–Kier alpha value is -3.70. The molecule has 2 N–H and O–H groups in total. The Morgan fingerprint density at radius 3 is 2.62 bits per heavy atom. The van der Waals surface area contributed by atoms with Crippen LogP contribution in [-0.4, -0.2) is 33.3 Å². The Bertz CT molecular complexity index is 1400. The third-order valence-corrected chi connectivity index (χ3v) is 8.05. The quantitative estimate of drug-likeness (QED) is 0.410. The first-order valence-corrected chi connectivity index (χ1v) is 13.0. The highest BCUT2D eigenvalue weighted by Crippen LogP contribution is 2.36. The van der Waals surface area contributed by atoms with Crippen LogP contribution in [0.1, 0.15) is 53.9 Å². The fourth-order valence-corrected chi connectivity index (χ4v) is 5.94. The number of terminal acetylenes is 1. The molecule has 0 unspecified atom stereocenters. The maximum Gasteiger partial charge on any atom is 0.278 e. The van der Waals surface area contributed by atoms with Gasteiger partial charge in [-0.25, -0.2) is 4.39 Å². The molecule has 37 heavy (non-hydrogen) atoms. The first kappa shape index (κ1) is 26.4. The Labute approximate surface area is 220 Å². The van der Waals surface area contributed by atoms with Gasteiger partial charge in [0.05, 0.1) is 0 Å². The van der Waals surface area contributed by atoms with Crippen LogP contribution in [0.25, 0.3) is 0 Å². The van der Waals surface area contributed by atoms with Crippen LogP contribution < -0.4 is 10.9 Å². The minimum Gasteiger partial charge on any atom is -0.502 e. The molecule has 0 bridgehead atoms. The molecule has 3 aliphatic rings. The van der Waals surface area contributed by atoms with Gasteiger partial charge < -0.3 is 15.4 Å². The van der Waals surface area contributed by atoms with Crippen LogP contribution in [0.4, 0.5) is 4.39 Å². The van der Waals surface area contributed by atoms with E-state index in [1.165, 1.54) is 33.0 Å². The predicted molar refractivity (Wildman–Crippen MR) is 145 cm³/mol. The molecule has 1 fully saturated rings. The maximum absolute atomic E-state index is 13.1. The fraction of sp³-hybridized carbons (Fsp3) is 0.310. The van der Waals surface area contributed by atoms with E-state index in [0.29, 0.717) is 6.54 Å². The second-order valence-corrected chi connectivity index (χ2v) is 11.0. The van der Waals surface area contributed by atoms with Crippen molar-refractivity contribution in [3.8, 4) is 18.6 Å². The first-order chi connectivity index (χ1) is 17.7. The summed E-state index contributed by atoms with van der Waals surface area (Å²) >= 11 is 1.79. The van der Waals surface area contributed by atoms with Crippen LogP contribution in [-0.2, 0) is 12.2 Å². The summed E-state index contributed by atoms with van der Waals surface area (Å²) in [5.74, 6) is -0.0348. The van der Waals surface area contributed by atoms with Gasteiger partial charge in [0.15, 0.2) is 11.4 Å². The lowest BCUT2D eigenvalue weighted by Crippen LogP contribution is -2.58. The lowest BCUT2D eigenvalue weighted by Gasteiger charge is -2.46. The largest absolute Gasteiger partial charge is 0.502 e. The minimum atomic E-state index is -0.530. The van der Waals surface area contributed by atoms with Crippen LogP contribution in [0.3, 0.4) is 0 Å². The average molecular weight is 520 g/mol. The van der Waals surface area contributed by atoms with Crippen LogP contribution >= 0.6 is 11.8 Å². The van der Waals surface area contributed by atoms with E-state index in [1.54, 1.807) is 28.8 Å². The number of aromatic hydroxyl groups is 1. The van der Waals surface area contributed by atoms with Crippen LogP contribution in [0, 0.1) is 24.1 Å². The molecule has 0 saturated carbocycles. The number of nitrogens with one attached hydrogen (secondary N) is 1. The summed E-state index contributed by atoms with van der Waals surface area (Å²) in [4.78, 5) is 26.9. The number of hydrogen-bond acceptors (Lipinski definition) is 5. The predicted octanol–water partition coefficient (Wildman–Crippen LogP) is 4.97. The van der Waals surface area contributed by atoms with E-state index in [4.69, 9.17) is 0 Å². The van der Waals surface area contributed by atoms with Crippen molar-refractivity contribution in [1.29, 1.82) is 0 Å². The molecule has 1 atom stereocenters. The van der Waals surface area contributed by atoms with Crippen molar-refractivity contribution in [2.75, 3.05) is 12.0 Å². The molecule has 4 heterocycles. The third kappa shape index (κ3) is 5.52. The number of nitrogens with zero attached hydrogens (tertiary/aromatic N) is 2. The van der Waals surface area contributed by atoms with Gasteiger partial charge in [0.1, 0.15) is 12.0 Å². The smallest absolute Gasteiger partial charge is 0.278 e. The summed E-state index contributed by atoms with van der Waals surface area (Å²) in [5.41, 5.74) is 6.57. The summed E-state index contributed by atoms with van der Waals surface area (Å²) in [5, 5.41) is 9.79. The zero-order chi connectivity index (χ0) is 26.7. The second-order valence-electron chi connectivity index (χ2n) is 10.00. The summed E-state index contributed by atoms with van der Waals surface area (Å²) < 4.78 is 14.6. The third-order valence-electron chi connectivity index (χ3n) is 6.88. The van der Waals surface area contributed by atoms with Crippen molar-refractivity contribution in [2.45, 2.75) is 49.9 Å². The molecule has 0 spiro atoms. The van der Waals surface area contributed by atoms with Crippen molar-refractivity contribution in [3.05, 3.63) is 93.2 Å². The molecule has 1 saturated heterocycles. The van der Waals surface area contributed by atoms with E-state index in [1.807, 2.05) is 6.07 Å². The van der Waals surface area contributed by atoms with Gasteiger partial charge in [0.2, 0.25) is 5.43 Å². The number of hydrogen-bond donors (Lipinski definition) is 2. The van der Waals surface area contributed by atoms with Crippen molar-refractivity contribution >= 4 is 17.7 Å². The lowest BCUT2D eigenvalue weighted by molar-refractivity contribution is 0.0396. The van der Waals surface area contributed by atoms with Crippen LogP contribution in [0.5, 0.6) is 5.75 Å². The van der Waals surface area contributed by atoms with Gasteiger partial charge in [0.25, 0.3) is 5.91 Å². The second kappa shape index (κ2) is 10.7. The van der Waals surface area contributed by atoms with E-state index in [0.717, 1.165) is 30.6 Å². The number of carbonyl (C=O) groups excluding carboxylic acids is 1. The number of amides is 1. The number of carbonyl (C=O) groups is 1. The fourth-order valence-electron chi connectivity index (χ4n) is 4.86. The Kier molecular flexibility index (Phi) is 7.65. The number of rotatable bonds is 0. The molecule has 3 aromatic rings. The number of benzene rings is 2. The van der Waals surface area contributed by atoms with E-state index >= 15 is 0 Å². The Balaban J connectivity index is 0.000000164. The number of piperidine rings is 1. The van der Waals surface area contributed by atoms with Crippen molar-refractivity contribution in [1.82, 2.24) is 9.58 Å². The normalized spacial score (nSPS) is 18.6. The molecule has 0 radical (unpaired) electrons. The number of thioether (sulfide) groups is 1. The zero-order valence-corrected chi connectivity index (χ0v) is 21.7. The van der Waals surface area contributed by atoms with Gasteiger partial charge in [-0.15, -0.1) is 24.6 Å². The molecule has 8 heteroatoms. The molecule has 0 aliphatic carbocycles. The highest BCUT2D eigenvalue weighted by molar-refractivity contribution is 7.98. The van der Waals surface area contributed by atoms with Crippen molar-refractivity contribution in [3.63, 3.8) is 0 Å². The molecule has 6 rings (SSSR count). The molecular weight excluding hydrogens is 489 g/mol. The van der Waals surface area contributed by atoms with Gasteiger partial charge in [-0.2, -0.15) is 0 Å². The molecular formula is C29H30FN3O3S. The highest BCUT2D eigenvalue weighted by Gasteiger charge is 2.41. The maximum atomic E-state index is 13.1. The number of halogens is 1. The topological polar surface area (TPSA) is 74.6 Å². The Morgan fingerprint density at radius 1 is 1.08 bits per heavy atom. The molecule has 6 nitrogen and oxygen atoms in total. The van der Waals surface area contributed by atoms with Crippen LogP contribution in [0.2, 0.25) is 0 Å². The SMILES string of the molecule is C#C.CC1(C)CCN2C(=O)c3c(O)c(=O)ccn3N[C@@H]2C1.Fc1ccc2c(c1)CSc1ccccc1C2. The summed E-state index contributed by atoms with van der Waals surface area (Å²) in [7, 11) is 0. The van der Waals surface area contributed by atoms with Crippen molar-refractivity contribution in [2.24, 2.45) is 5.41 Å². The van der Waals surface area contributed by atoms with Crippen LogP contribution in [0.15, 0.2) is 64.4 Å². The molecule has 192 valence electrons. The first-order valence-electron chi connectivity index (χ1n) is 12.1. The van der Waals surface area contributed by atoms with Gasteiger partial charge in [0, 0.05) is 29.5 Å². The summed E-state index contributed by atoms with van der Waals surface area (Å²) in [6, 6.07) is 14.8. The standard InChI is InChI=1S/C14H11FS.C13H17N3O3.C2H2/c15-13-6-5-10-7-11-3-1-2-4-14(11)16-9-12(10)8-13;1-13(2)4-6-15-9(7-13)14-16-5-3-8(17)11(18)10(16)12(15)19;1-2/h1-6,8H,7,9H2;3,5,9,14,18H,4,6-7H2,1-2H3;1-2H/t;9-;/m.0./s1. The van der Waals surface area contributed by atoms with Gasteiger partial charge >= 0.3 is 0 Å². The number of aromatic nitrogens is 1. The highest BCUT2D eigenvalue weighted by atomic mass is 32.2. The molecule has 1 amide bonds. The molecule has 3 aliphatic heterocycles. The average Bonchev–Trinajstić information content (AvgIpc) is 3.06. The minimum absolute atomic E-state index is 0.0310. The summed E-state index contributed by atoms with van der Waals surface area (Å²) in [6.07, 6.45) is 12.1. The number of fused-ring (bicyclic) bond motifs is 4. The van der Waals surface area contributed by atoms with E-state index in [2.05, 4.69) is 56.4 Å². The van der Waals surface area contributed by atoms with E-state index < -0.39 is 11.2 Å².